The molecule has 7 heteroatoms. The van der Waals surface area contributed by atoms with Gasteiger partial charge in [0, 0.05) is 17.4 Å². The van der Waals surface area contributed by atoms with Gasteiger partial charge in [0.15, 0.2) is 0 Å². The number of para-hydroxylation sites is 1. The number of aryl methyl sites for hydroxylation is 1. The lowest BCUT2D eigenvalue weighted by Gasteiger charge is -2.23. The predicted octanol–water partition coefficient (Wildman–Crippen LogP) is 3.68. The van der Waals surface area contributed by atoms with Crippen LogP contribution in [0.15, 0.2) is 65.6 Å². The molecule has 2 aromatic carbocycles. The molecule has 2 heterocycles. The molecule has 1 aliphatic heterocycles. The second-order valence-electron chi connectivity index (χ2n) is 6.66. The molecule has 6 nitrogen and oxygen atoms in total. The van der Waals surface area contributed by atoms with Crippen molar-refractivity contribution in [3.63, 3.8) is 0 Å². The van der Waals surface area contributed by atoms with Crippen molar-refractivity contribution in [3.05, 3.63) is 71.9 Å². The van der Waals surface area contributed by atoms with Crippen LogP contribution in [0.25, 0.3) is 0 Å². The van der Waals surface area contributed by atoms with E-state index >= 15 is 0 Å². The lowest BCUT2D eigenvalue weighted by Crippen LogP contribution is -2.32. The van der Waals surface area contributed by atoms with Crippen LogP contribution in [0, 0.1) is 6.92 Å². The molecule has 28 heavy (non-hydrogen) atoms. The summed E-state index contributed by atoms with van der Waals surface area (Å²) in [4.78, 5) is 25.9. The standard InChI is InChI=1S/C21H20N4O2S/c1-14-11-19(25(24-14)13-15-7-3-2-4-8-15)23-20(26)12-18-21(27)22-16-9-5-6-10-17(16)28-18/h2-11,18H,12-13H2,1H3,(H,22,27)(H,23,26). The van der Waals surface area contributed by atoms with E-state index in [0.717, 1.165) is 21.8 Å². The first kappa shape index (κ1) is 18.3. The van der Waals surface area contributed by atoms with Gasteiger partial charge < -0.3 is 10.6 Å². The highest BCUT2D eigenvalue weighted by atomic mass is 32.2. The molecule has 1 atom stereocenters. The topological polar surface area (TPSA) is 76.0 Å². The summed E-state index contributed by atoms with van der Waals surface area (Å²) in [6.07, 6.45) is 0.0976. The van der Waals surface area contributed by atoms with Crippen LogP contribution in [-0.4, -0.2) is 26.8 Å². The summed E-state index contributed by atoms with van der Waals surface area (Å²) in [6.45, 7) is 2.45. The molecule has 0 bridgehead atoms. The first-order chi connectivity index (χ1) is 13.6. The summed E-state index contributed by atoms with van der Waals surface area (Å²) >= 11 is 1.42. The van der Waals surface area contributed by atoms with Gasteiger partial charge in [0.25, 0.3) is 0 Å². The fraction of sp³-hybridized carbons (Fsp3) is 0.190. The van der Waals surface area contributed by atoms with Gasteiger partial charge in [0.05, 0.1) is 23.2 Å². The largest absolute Gasteiger partial charge is 0.324 e. The summed E-state index contributed by atoms with van der Waals surface area (Å²) < 4.78 is 1.77. The van der Waals surface area contributed by atoms with Gasteiger partial charge in [-0.3, -0.25) is 9.59 Å². The highest BCUT2D eigenvalue weighted by molar-refractivity contribution is 8.01. The molecule has 0 radical (unpaired) electrons. The Kier molecular flexibility index (Phi) is 5.16. The number of rotatable bonds is 5. The number of fused-ring (bicyclic) bond motifs is 1. The van der Waals surface area contributed by atoms with Crippen LogP contribution in [0.5, 0.6) is 0 Å². The van der Waals surface area contributed by atoms with Gasteiger partial charge in [-0.25, -0.2) is 4.68 Å². The van der Waals surface area contributed by atoms with Crippen LogP contribution in [-0.2, 0) is 16.1 Å². The van der Waals surface area contributed by atoms with E-state index in [-0.39, 0.29) is 18.2 Å². The second-order valence-corrected chi connectivity index (χ2v) is 7.90. The van der Waals surface area contributed by atoms with Crippen LogP contribution in [0.4, 0.5) is 11.5 Å². The van der Waals surface area contributed by atoms with Crippen molar-refractivity contribution >= 4 is 35.1 Å². The van der Waals surface area contributed by atoms with Gasteiger partial charge in [0.2, 0.25) is 11.8 Å². The highest BCUT2D eigenvalue weighted by Gasteiger charge is 2.29. The highest BCUT2D eigenvalue weighted by Crippen LogP contribution is 2.36. The molecular formula is C21H20N4O2S. The Morgan fingerprint density at radius 1 is 1.18 bits per heavy atom. The van der Waals surface area contributed by atoms with Gasteiger partial charge in [-0.15, -0.1) is 11.8 Å². The fourth-order valence-electron chi connectivity index (χ4n) is 3.11. The zero-order chi connectivity index (χ0) is 19.5. The smallest absolute Gasteiger partial charge is 0.238 e. The lowest BCUT2D eigenvalue weighted by atomic mass is 10.2. The summed E-state index contributed by atoms with van der Waals surface area (Å²) in [5.74, 6) is 0.280. The van der Waals surface area contributed by atoms with Gasteiger partial charge in [0.1, 0.15) is 5.82 Å². The number of anilines is 2. The lowest BCUT2D eigenvalue weighted by molar-refractivity contribution is -0.120. The number of hydrogen-bond acceptors (Lipinski definition) is 4. The summed E-state index contributed by atoms with van der Waals surface area (Å²) in [5, 5.41) is 9.79. The average molecular weight is 392 g/mol. The third kappa shape index (κ3) is 4.09. The maximum Gasteiger partial charge on any atom is 0.238 e. The van der Waals surface area contributed by atoms with Crippen LogP contribution in [0.3, 0.4) is 0 Å². The Bertz CT molecular complexity index is 1020. The zero-order valence-electron chi connectivity index (χ0n) is 15.4. The third-order valence-corrected chi connectivity index (χ3v) is 5.70. The van der Waals surface area contributed by atoms with Gasteiger partial charge in [-0.2, -0.15) is 5.10 Å². The molecule has 1 aromatic heterocycles. The van der Waals surface area contributed by atoms with Gasteiger partial charge in [-0.1, -0.05) is 42.5 Å². The van der Waals surface area contributed by atoms with Gasteiger partial charge >= 0.3 is 0 Å². The molecule has 3 aromatic rings. The zero-order valence-corrected chi connectivity index (χ0v) is 16.2. The van der Waals surface area contributed by atoms with E-state index in [0.29, 0.717) is 12.4 Å². The Morgan fingerprint density at radius 2 is 1.93 bits per heavy atom. The number of carbonyl (C=O) groups is 2. The van der Waals surface area contributed by atoms with E-state index in [1.54, 1.807) is 4.68 Å². The molecule has 142 valence electrons. The molecule has 2 amide bonds. The summed E-state index contributed by atoms with van der Waals surface area (Å²) in [7, 11) is 0. The molecule has 0 saturated heterocycles. The van der Waals surface area contributed by atoms with Crippen molar-refractivity contribution in [3.8, 4) is 0 Å². The minimum atomic E-state index is -0.457. The number of amides is 2. The number of nitrogens with zero attached hydrogens (tertiary/aromatic N) is 2. The minimum absolute atomic E-state index is 0.0976. The number of hydrogen-bond donors (Lipinski definition) is 2. The Balaban J connectivity index is 1.44. The van der Waals surface area contributed by atoms with Crippen molar-refractivity contribution in [1.82, 2.24) is 9.78 Å². The number of thioether (sulfide) groups is 1. The quantitative estimate of drug-likeness (QED) is 0.694. The first-order valence-electron chi connectivity index (χ1n) is 9.03. The monoisotopic (exact) mass is 392 g/mol. The van der Waals surface area contributed by atoms with Crippen LogP contribution >= 0.6 is 11.8 Å². The second kappa shape index (κ2) is 7.90. The maximum absolute atomic E-state index is 12.6. The molecule has 0 aliphatic carbocycles. The minimum Gasteiger partial charge on any atom is -0.324 e. The van der Waals surface area contributed by atoms with Crippen molar-refractivity contribution in [2.75, 3.05) is 10.6 Å². The van der Waals surface area contributed by atoms with Crippen LogP contribution in [0.1, 0.15) is 17.7 Å². The van der Waals surface area contributed by atoms with Gasteiger partial charge in [-0.05, 0) is 24.6 Å². The van der Waals surface area contributed by atoms with E-state index < -0.39 is 5.25 Å². The summed E-state index contributed by atoms with van der Waals surface area (Å²) in [5.41, 5.74) is 2.72. The Hall–Kier alpha value is -3.06. The average Bonchev–Trinajstić information content (AvgIpc) is 3.01. The molecule has 1 aliphatic rings. The van der Waals surface area contributed by atoms with Crippen molar-refractivity contribution in [1.29, 1.82) is 0 Å². The Morgan fingerprint density at radius 3 is 2.75 bits per heavy atom. The molecule has 0 saturated carbocycles. The van der Waals surface area contributed by atoms with E-state index in [1.165, 1.54) is 11.8 Å². The Labute approximate surface area is 167 Å². The summed E-state index contributed by atoms with van der Waals surface area (Å²) in [6, 6.07) is 19.4. The number of aromatic nitrogens is 2. The fourth-order valence-corrected chi connectivity index (χ4v) is 4.22. The SMILES string of the molecule is Cc1cc(NC(=O)CC2Sc3ccccc3NC2=O)n(Cc2ccccc2)n1. The first-order valence-corrected chi connectivity index (χ1v) is 9.91. The molecule has 0 spiro atoms. The number of nitrogens with one attached hydrogen (secondary N) is 2. The number of carbonyl (C=O) groups excluding carboxylic acids is 2. The van der Waals surface area contributed by atoms with E-state index in [1.807, 2.05) is 67.6 Å². The molecular weight excluding hydrogens is 372 g/mol. The van der Waals surface area contributed by atoms with Crippen molar-refractivity contribution < 1.29 is 9.59 Å². The van der Waals surface area contributed by atoms with Crippen molar-refractivity contribution in [2.45, 2.75) is 30.0 Å². The molecule has 2 N–H and O–H groups in total. The molecule has 1 unspecified atom stereocenters. The van der Waals surface area contributed by atoms with E-state index in [4.69, 9.17) is 0 Å². The van der Waals surface area contributed by atoms with Crippen LogP contribution < -0.4 is 10.6 Å². The van der Waals surface area contributed by atoms with Crippen molar-refractivity contribution in [2.24, 2.45) is 0 Å². The predicted molar refractivity (Wildman–Crippen MR) is 110 cm³/mol. The normalized spacial score (nSPS) is 15.6. The maximum atomic E-state index is 12.6. The van der Waals surface area contributed by atoms with Crippen LogP contribution in [0.2, 0.25) is 0 Å². The number of benzene rings is 2. The third-order valence-electron chi connectivity index (χ3n) is 4.42. The molecule has 0 fully saturated rings. The van der Waals surface area contributed by atoms with E-state index in [9.17, 15) is 9.59 Å². The molecule has 4 rings (SSSR count). The van der Waals surface area contributed by atoms with E-state index in [2.05, 4.69) is 15.7 Å².